The number of guanidine groups is 1. The summed E-state index contributed by atoms with van der Waals surface area (Å²) in [5, 5.41) is 6.81. The Morgan fingerprint density at radius 3 is 2.56 bits per heavy atom. The minimum atomic E-state index is 0. The normalized spacial score (nSPS) is 15.1. The van der Waals surface area contributed by atoms with Crippen LogP contribution in [-0.4, -0.2) is 43.6 Å². The van der Waals surface area contributed by atoms with Gasteiger partial charge in [-0.3, -0.25) is 0 Å². The van der Waals surface area contributed by atoms with Gasteiger partial charge in [-0.2, -0.15) is 0 Å². The van der Waals surface area contributed by atoms with Crippen molar-refractivity contribution in [2.24, 2.45) is 4.99 Å². The third-order valence-corrected chi connectivity index (χ3v) is 4.64. The highest BCUT2D eigenvalue weighted by molar-refractivity contribution is 14.0. The Labute approximate surface area is 170 Å². The van der Waals surface area contributed by atoms with Crippen LogP contribution in [0.15, 0.2) is 23.2 Å². The second kappa shape index (κ2) is 12.5. The number of likely N-dealkylation sites (tertiary alicyclic amines) is 1. The lowest BCUT2D eigenvalue weighted by Crippen LogP contribution is -2.38. The molecule has 1 aliphatic rings. The molecule has 0 atom stereocenters. The summed E-state index contributed by atoms with van der Waals surface area (Å²) >= 11 is 0. The Balaban J connectivity index is 0.00000312. The van der Waals surface area contributed by atoms with Crippen LogP contribution in [0.4, 0.5) is 0 Å². The first kappa shape index (κ1) is 22.2. The maximum Gasteiger partial charge on any atom is 0.191 e. The average molecular weight is 458 g/mol. The molecule has 1 saturated heterocycles. The van der Waals surface area contributed by atoms with Gasteiger partial charge < -0.3 is 15.5 Å². The van der Waals surface area contributed by atoms with E-state index in [2.05, 4.69) is 54.5 Å². The van der Waals surface area contributed by atoms with E-state index in [1.807, 2.05) is 0 Å². The van der Waals surface area contributed by atoms with E-state index in [0.717, 1.165) is 25.6 Å². The van der Waals surface area contributed by atoms with Crippen LogP contribution in [-0.2, 0) is 6.54 Å². The molecule has 1 aromatic carbocycles. The van der Waals surface area contributed by atoms with Gasteiger partial charge in [0.2, 0.25) is 0 Å². The van der Waals surface area contributed by atoms with Crippen molar-refractivity contribution < 1.29 is 0 Å². The van der Waals surface area contributed by atoms with E-state index in [1.165, 1.54) is 62.0 Å². The summed E-state index contributed by atoms with van der Waals surface area (Å²) < 4.78 is 0. The monoisotopic (exact) mass is 458 g/mol. The maximum absolute atomic E-state index is 4.73. The first-order valence-corrected chi connectivity index (χ1v) is 9.49. The Morgan fingerprint density at radius 2 is 1.88 bits per heavy atom. The molecule has 4 nitrogen and oxygen atoms in total. The summed E-state index contributed by atoms with van der Waals surface area (Å²) in [4.78, 5) is 7.32. The van der Waals surface area contributed by atoms with E-state index in [0.29, 0.717) is 0 Å². The van der Waals surface area contributed by atoms with Gasteiger partial charge >= 0.3 is 0 Å². The fraction of sp³-hybridized carbons (Fsp3) is 0.650. The molecule has 0 unspecified atom stereocenters. The topological polar surface area (TPSA) is 39.7 Å². The summed E-state index contributed by atoms with van der Waals surface area (Å²) in [6.45, 7) is 12.9. The predicted octanol–water partition coefficient (Wildman–Crippen LogP) is 3.85. The van der Waals surface area contributed by atoms with Gasteiger partial charge in [-0.25, -0.2) is 4.99 Å². The summed E-state index contributed by atoms with van der Waals surface area (Å²) in [6, 6.07) is 6.58. The molecule has 0 radical (unpaired) electrons. The Kier molecular flexibility index (Phi) is 11.1. The largest absolute Gasteiger partial charge is 0.357 e. The number of aliphatic imine (C=N–C) groups is 1. The van der Waals surface area contributed by atoms with Crippen LogP contribution in [0.1, 0.15) is 49.3 Å². The number of hydrogen-bond acceptors (Lipinski definition) is 2. The Bertz CT molecular complexity index is 524. The van der Waals surface area contributed by atoms with Gasteiger partial charge in [0, 0.05) is 13.1 Å². The van der Waals surface area contributed by atoms with Crippen molar-refractivity contribution in [1.82, 2.24) is 15.5 Å². The van der Waals surface area contributed by atoms with Gasteiger partial charge in [0.25, 0.3) is 0 Å². The average Bonchev–Trinajstić information content (AvgIpc) is 3.07. The van der Waals surface area contributed by atoms with E-state index in [1.54, 1.807) is 0 Å². The van der Waals surface area contributed by atoms with Crippen LogP contribution >= 0.6 is 24.0 Å². The van der Waals surface area contributed by atoms with Gasteiger partial charge in [-0.1, -0.05) is 23.8 Å². The van der Waals surface area contributed by atoms with Crippen molar-refractivity contribution >= 4 is 29.9 Å². The van der Waals surface area contributed by atoms with Crippen LogP contribution in [0.25, 0.3) is 0 Å². The zero-order valence-electron chi connectivity index (χ0n) is 16.1. The first-order chi connectivity index (χ1) is 11.7. The fourth-order valence-corrected chi connectivity index (χ4v) is 3.20. The van der Waals surface area contributed by atoms with Crippen LogP contribution in [0.5, 0.6) is 0 Å². The molecular weight excluding hydrogens is 423 g/mol. The van der Waals surface area contributed by atoms with E-state index in [9.17, 15) is 0 Å². The second-order valence-electron chi connectivity index (χ2n) is 6.81. The van der Waals surface area contributed by atoms with Gasteiger partial charge in [0.05, 0.1) is 6.54 Å². The zero-order chi connectivity index (χ0) is 17.2. The van der Waals surface area contributed by atoms with Crippen molar-refractivity contribution in [2.75, 3.05) is 32.7 Å². The highest BCUT2D eigenvalue weighted by Crippen LogP contribution is 2.11. The van der Waals surface area contributed by atoms with Crippen LogP contribution < -0.4 is 10.6 Å². The minimum absolute atomic E-state index is 0. The molecule has 0 bridgehead atoms. The number of nitrogens with zero attached hydrogens (tertiary/aromatic N) is 2. The molecule has 0 amide bonds. The molecule has 1 aliphatic heterocycles. The molecule has 5 heteroatoms. The molecule has 1 fully saturated rings. The quantitative estimate of drug-likeness (QED) is 0.269. The first-order valence-electron chi connectivity index (χ1n) is 9.49. The molecule has 2 rings (SSSR count). The number of nitrogens with one attached hydrogen (secondary N) is 2. The molecule has 2 N–H and O–H groups in total. The molecule has 142 valence electrons. The number of benzene rings is 1. The van der Waals surface area contributed by atoms with Crippen LogP contribution in [0, 0.1) is 13.8 Å². The van der Waals surface area contributed by atoms with Crippen LogP contribution in [0.3, 0.4) is 0 Å². The number of rotatable bonds is 8. The van der Waals surface area contributed by atoms with Crippen molar-refractivity contribution in [3.8, 4) is 0 Å². The molecule has 1 aromatic rings. The summed E-state index contributed by atoms with van der Waals surface area (Å²) in [5.74, 6) is 0.929. The smallest absolute Gasteiger partial charge is 0.191 e. The van der Waals surface area contributed by atoms with Gasteiger partial charge in [-0.05, 0) is 77.2 Å². The van der Waals surface area contributed by atoms with Crippen molar-refractivity contribution in [2.45, 2.75) is 53.0 Å². The SMILES string of the molecule is CCNC(=NCc1ccc(C)cc1C)NCCCCN1CCCC1.I. The molecule has 0 aliphatic carbocycles. The molecule has 0 spiro atoms. The fourth-order valence-electron chi connectivity index (χ4n) is 3.20. The third-order valence-electron chi connectivity index (χ3n) is 4.64. The van der Waals surface area contributed by atoms with Crippen molar-refractivity contribution in [1.29, 1.82) is 0 Å². The van der Waals surface area contributed by atoms with Gasteiger partial charge in [0.15, 0.2) is 5.96 Å². The van der Waals surface area contributed by atoms with E-state index < -0.39 is 0 Å². The van der Waals surface area contributed by atoms with E-state index in [4.69, 9.17) is 4.99 Å². The maximum atomic E-state index is 4.73. The lowest BCUT2D eigenvalue weighted by molar-refractivity contribution is 0.330. The summed E-state index contributed by atoms with van der Waals surface area (Å²) in [7, 11) is 0. The lowest BCUT2D eigenvalue weighted by atomic mass is 10.1. The third kappa shape index (κ3) is 8.40. The highest BCUT2D eigenvalue weighted by atomic mass is 127. The van der Waals surface area contributed by atoms with Crippen LogP contribution in [0.2, 0.25) is 0 Å². The number of halogens is 1. The zero-order valence-corrected chi connectivity index (χ0v) is 18.4. The van der Waals surface area contributed by atoms with Crippen molar-refractivity contribution in [3.63, 3.8) is 0 Å². The molecular formula is C20H35IN4. The van der Waals surface area contributed by atoms with Gasteiger partial charge in [0.1, 0.15) is 0 Å². The Hall–Kier alpha value is -0.820. The lowest BCUT2D eigenvalue weighted by Gasteiger charge is -2.15. The number of aryl methyl sites for hydroxylation is 2. The minimum Gasteiger partial charge on any atom is -0.357 e. The molecule has 0 aromatic heterocycles. The summed E-state index contributed by atoms with van der Waals surface area (Å²) in [6.07, 6.45) is 5.23. The van der Waals surface area contributed by atoms with E-state index in [-0.39, 0.29) is 24.0 Å². The predicted molar refractivity (Wildman–Crippen MR) is 119 cm³/mol. The number of unbranched alkanes of at least 4 members (excludes halogenated alkanes) is 1. The van der Waals surface area contributed by atoms with E-state index >= 15 is 0 Å². The molecule has 25 heavy (non-hydrogen) atoms. The van der Waals surface area contributed by atoms with Gasteiger partial charge in [-0.15, -0.1) is 24.0 Å². The number of hydrogen-bond donors (Lipinski definition) is 2. The summed E-state index contributed by atoms with van der Waals surface area (Å²) in [5.41, 5.74) is 3.93. The Morgan fingerprint density at radius 1 is 1.12 bits per heavy atom. The van der Waals surface area contributed by atoms with Crippen molar-refractivity contribution in [3.05, 3.63) is 34.9 Å². The molecule has 0 saturated carbocycles. The standard InChI is InChI=1S/C20H34N4.HI/c1-4-21-20(22-11-5-6-12-24-13-7-8-14-24)23-16-19-10-9-17(2)15-18(19)3;/h9-10,15H,4-8,11-14,16H2,1-3H3,(H2,21,22,23);1H. The molecule has 1 heterocycles. The second-order valence-corrected chi connectivity index (χ2v) is 6.81. The highest BCUT2D eigenvalue weighted by Gasteiger charge is 2.10.